The number of thioether (sulfide) groups is 1. The van der Waals surface area contributed by atoms with Gasteiger partial charge in [-0.25, -0.2) is 4.68 Å². The van der Waals surface area contributed by atoms with Gasteiger partial charge in [-0.1, -0.05) is 11.8 Å². The monoisotopic (exact) mass is 300 g/mol. The predicted octanol–water partition coefficient (Wildman–Crippen LogP) is 1.61. The third-order valence-electron chi connectivity index (χ3n) is 2.99. The molecule has 1 aliphatic carbocycles. The molecule has 0 atom stereocenters. The van der Waals surface area contributed by atoms with Crippen LogP contribution in [-0.4, -0.2) is 31.9 Å². The molecule has 0 radical (unpaired) electrons. The summed E-state index contributed by atoms with van der Waals surface area (Å²) >= 11 is 1.32. The molecule has 2 aromatic rings. The number of nitrogens with one attached hydrogen (secondary N) is 1. The molecule has 0 spiro atoms. The van der Waals surface area contributed by atoms with Crippen molar-refractivity contribution in [3.05, 3.63) is 29.8 Å². The number of rotatable bonds is 5. The van der Waals surface area contributed by atoms with Gasteiger partial charge in [0, 0.05) is 5.69 Å². The Bertz CT molecular complexity index is 685. The summed E-state index contributed by atoms with van der Waals surface area (Å²) in [4.78, 5) is 11.9. The molecular weight excluding hydrogens is 288 g/mol. The lowest BCUT2D eigenvalue weighted by molar-refractivity contribution is -0.113. The van der Waals surface area contributed by atoms with Crippen LogP contribution in [0.25, 0.3) is 0 Å². The molecule has 21 heavy (non-hydrogen) atoms. The normalized spacial score (nSPS) is 13.7. The van der Waals surface area contributed by atoms with E-state index in [9.17, 15) is 4.79 Å². The van der Waals surface area contributed by atoms with E-state index >= 15 is 0 Å². The van der Waals surface area contributed by atoms with Crippen molar-refractivity contribution in [2.75, 3.05) is 11.1 Å². The van der Waals surface area contributed by atoms with E-state index in [1.165, 1.54) is 11.8 Å². The molecule has 1 N–H and O–H groups in total. The van der Waals surface area contributed by atoms with E-state index in [-0.39, 0.29) is 11.7 Å². The summed E-state index contributed by atoms with van der Waals surface area (Å²) in [6.07, 6.45) is 2.19. The quantitative estimate of drug-likeness (QED) is 0.843. The lowest BCUT2D eigenvalue weighted by atomic mass is 10.2. The van der Waals surface area contributed by atoms with Gasteiger partial charge in [-0.3, -0.25) is 4.79 Å². The molecule has 0 saturated heterocycles. The highest BCUT2D eigenvalue weighted by Gasteiger charge is 2.28. The highest BCUT2D eigenvalue weighted by molar-refractivity contribution is 7.99. The fraction of sp³-hybridized carbons (Fsp3) is 0.308. The Hall–Kier alpha value is -2.40. The summed E-state index contributed by atoms with van der Waals surface area (Å²) in [6.45, 7) is 0. The first kappa shape index (κ1) is 13.6. The molecule has 1 heterocycles. The maximum absolute atomic E-state index is 11.9. The Balaban J connectivity index is 1.54. The Morgan fingerprint density at radius 3 is 2.86 bits per heavy atom. The summed E-state index contributed by atoms with van der Waals surface area (Å²) in [5.41, 5.74) is 1.23. The second kappa shape index (κ2) is 5.93. The number of hydrogen-bond donors (Lipinski definition) is 1. The van der Waals surface area contributed by atoms with Gasteiger partial charge >= 0.3 is 0 Å². The Labute approximate surface area is 125 Å². The molecule has 1 saturated carbocycles. The third-order valence-corrected chi connectivity index (χ3v) is 3.92. The largest absolute Gasteiger partial charge is 0.325 e. The molecule has 1 aromatic carbocycles. The second-order valence-corrected chi connectivity index (χ2v) is 5.61. The summed E-state index contributed by atoms with van der Waals surface area (Å²) in [5.74, 6) is 0.114. The van der Waals surface area contributed by atoms with Gasteiger partial charge in [-0.05, 0) is 47.5 Å². The number of nitriles is 1. The maximum Gasteiger partial charge on any atom is 0.234 e. The molecule has 106 valence electrons. The molecule has 1 aliphatic rings. The van der Waals surface area contributed by atoms with Crippen LogP contribution in [-0.2, 0) is 4.79 Å². The summed E-state index contributed by atoms with van der Waals surface area (Å²) in [7, 11) is 0. The zero-order valence-electron chi connectivity index (χ0n) is 11.1. The number of carbonyl (C=O) groups excluding carboxylic acids is 1. The van der Waals surface area contributed by atoms with Gasteiger partial charge in [0.25, 0.3) is 0 Å². The summed E-state index contributed by atoms with van der Waals surface area (Å²) in [6, 6.07) is 9.16. The van der Waals surface area contributed by atoms with Gasteiger partial charge in [-0.2, -0.15) is 5.26 Å². The number of anilines is 1. The Morgan fingerprint density at radius 1 is 1.43 bits per heavy atom. The van der Waals surface area contributed by atoms with E-state index in [0.29, 0.717) is 22.4 Å². The van der Waals surface area contributed by atoms with Crippen molar-refractivity contribution >= 4 is 23.4 Å². The van der Waals surface area contributed by atoms with Crippen LogP contribution in [0.4, 0.5) is 5.69 Å². The van der Waals surface area contributed by atoms with Crippen LogP contribution in [0.5, 0.6) is 0 Å². The second-order valence-electron chi connectivity index (χ2n) is 4.66. The van der Waals surface area contributed by atoms with Crippen LogP contribution in [0.1, 0.15) is 24.4 Å². The minimum atomic E-state index is -0.130. The number of amides is 1. The molecule has 3 rings (SSSR count). The Morgan fingerprint density at radius 2 is 2.19 bits per heavy atom. The summed E-state index contributed by atoms with van der Waals surface area (Å²) < 4.78 is 1.78. The van der Waals surface area contributed by atoms with E-state index in [2.05, 4.69) is 20.8 Å². The molecule has 7 nitrogen and oxygen atoms in total. The molecule has 0 aliphatic heterocycles. The average molecular weight is 300 g/mol. The maximum atomic E-state index is 11.9. The highest BCUT2D eigenvalue weighted by Crippen LogP contribution is 2.36. The van der Waals surface area contributed by atoms with Gasteiger partial charge in [0.2, 0.25) is 11.1 Å². The van der Waals surface area contributed by atoms with Crippen molar-refractivity contribution < 1.29 is 4.79 Å². The van der Waals surface area contributed by atoms with E-state index in [0.717, 1.165) is 12.8 Å². The Kier molecular flexibility index (Phi) is 3.83. The minimum Gasteiger partial charge on any atom is -0.325 e. The zero-order valence-corrected chi connectivity index (χ0v) is 11.9. The van der Waals surface area contributed by atoms with Gasteiger partial charge < -0.3 is 5.32 Å². The average Bonchev–Trinajstić information content (AvgIpc) is 3.24. The van der Waals surface area contributed by atoms with Gasteiger partial charge in [0.05, 0.1) is 23.4 Å². The van der Waals surface area contributed by atoms with Crippen LogP contribution < -0.4 is 5.32 Å². The van der Waals surface area contributed by atoms with Gasteiger partial charge in [-0.15, -0.1) is 5.10 Å². The minimum absolute atomic E-state index is 0.130. The van der Waals surface area contributed by atoms with Crippen LogP contribution in [0.2, 0.25) is 0 Å². The number of aromatic nitrogens is 4. The fourth-order valence-corrected chi connectivity index (χ4v) is 2.53. The molecule has 1 fully saturated rings. The number of tetrazole rings is 1. The van der Waals surface area contributed by atoms with Crippen LogP contribution in [0.3, 0.4) is 0 Å². The standard InChI is InChI=1S/C13H12N6OS/c14-7-9-1-3-10(4-2-9)15-12(20)8-21-13-16-17-18-19(13)11-5-6-11/h1-4,11H,5-6,8H2,(H,15,20). The molecule has 0 unspecified atom stereocenters. The van der Waals surface area contributed by atoms with Crippen molar-refractivity contribution in [3.63, 3.8) is 0 Å². The number of carbonyl (C=O) groups is 1. The van der Waals surface area contributed by atoms with E-state index < -0.39 is 0 Å². The fourth-order valence-electron chi connectivity index (χ4n) is 1.78. The van der Waals surface area contributed by atoms with E-state index in [1.807, 2.05) is 6.07 Å². The number of hydrogen-bond acceptors (Lipinski definition) is 6. The van der Waals surface area contributed by atoms with Crippen LogP contribution >= 0.6 is 11.8 Å². The smallest absolute Gasteiger partial charge is 0.234 e. The lowest BCUT2D eigenvalue weighted by Crippen LogP contribution is -2.14. The van der Waals surface area contributed by atoms with Crippen molar-refractivity contribution in [2.24, 2.45) is 0 Å². The van der Waals surface area contributed by atoms with Crippen molar-refractivity contribution in [1.82, 2.24) is 20.2 Å². The molecule has 0 bridgehead atoms. The van der Waals surface area contributed by atoms with E-state index in [4.69, 9.17) is 5.26 Å². The van der Waals surface area contributed by atoms with E-state index in [1.54, 1.807) is 28.9 Å². The zero-order chi connectivity index (χ0) is 14.7. The van der Waals surface area contributed by atoms with Crippen molar-refractivity contribution in [3.8, 4) is 6.07 Å². The predicted molar refractivity (Wildman–Crippen MR) is 76.6 cm³/mol. The van der Waals surface area contributed by atoms with Crippen molar-refractivity contribution in [1.29, 1.82) is 5.26 Å². The first-order valence-corrected chi connectivity index (χ1v) is 7.45. The third kappa shape index (κ3) is 3.38. The molecular formula is C13H12N6OS. The van der Waals surface area contributed by atoms with Crippen molar-refractivity contribution in [2.45, 2.75) is 24.0 Å². The number of nitrogens with zero attached hydrogens (tertiary/aromatic N) is 5. The lowest BCUT2D eigenvalue weighted by Gasteiger charge is -2.05. The van der Waals surface area contributed by atoms with Crippen LogP contribution in [0, 0.1) is 11.3 Å². The van der Waals surface area contributed by atoms with Gasteiger partial charge in [0.1, 0.15) is 0 Å². The van der Waals surface area contributed by atoms with Gasteiger partial charge in [0.15, 0.2) is 0 Å². The molecule has 8 heteroatoms. The first-order valence-electron chi connectivity index (χ1n) is 6.47. The first-order chi connectivity index (χ1) is 10.3. The molecule has 1 aromatic heterocycles. The SMILES string of the molecule is N#Cc1ccc(NC(=O)CSc2nnnn2C2CC2)cc1. The highest BCUT2D eigenvalue weighted by atomic mass is 32.2. The summed E-state index contributed by atoms with van der Waals surface area (Å²) in [5, 5.41) is 23.7. The molecule has 1 amide bonds. The number of benzene rings is 1. The topological polar surface area (TPSA) is 96.5 Å². The van der Waals surface area contributed by atoms with Crippen LogP contribution in [0.15, 0.2) is 29.4 Å².